The quantitative estimate of drug-likeness (QED) is 0.650. The molecule has 0 saturated carbocycles. The highest BCUT2D eigenvalue weighted by atomic mass is 16.5. The minimum absolute atomic E-state index is 0.0195. The molecule has 2 heterocycles. The normalized spacial score (nSPS) is 11.8. The number of amides is 1. The molecule has 0 aliphatic rings. The van der Waals surface area contributed by atoms with Gasteiger partial charge in [0.25, 0.3) is 5.56 Å². The Bertz CT molecular complexity index is 1100. The fourth-order valence-corrected chi connectivity index (χ4v) is 3.11. The smallest absolute Gasteiger partial charge is 0.308 e. The Balaban J connectivity index is 1.70. The second-order valence-corrected chi connectivity index (χ2v) is 6.98. The number of nitrogens with zero attached hydrogens (tertiary/aromatic N) is 2. The summed E-state index contributed by atoms with van der Waals surface area (Å²) in [6, 6.07) is 13.8. The first-order chi connectivity index (χ1) is 13.8. The number of carbonyl (C=O) groups is 2. The van der Waals surface area contributed by atoms with Gasteiger partial charge in [-0.05, 0) is 31.5 Å². The van der Waals surface area contributed by atoms with Crippen molar-refractivity contribution < 1.29 is 14.3 Å². The van der Waals surface area contributed by atoms with Gasteiger partial charge in [0.2, 0.25) is 5.91 Å². The van der Waals surface area contributed by atoms with Crippen molar-refractivity contribution in [3.05, 3.63) is 81.4 Å². The topological polar surface area (TPSA) is 89.8 Å². The van der Waals surface area contributed by atoms with Gasteiger partial charge < -0.3 is 10.1 Å². The highest BCUT2D eigenvalue weighted by molar-refractivity contribution is 5.76. The molecule has 0 radical (unpaired) electrons. The third-order valence-electron chi connectivity index (χ3n) is 4.54. The monoisotopic (exact) mass is 393 g/mol. The lowest BCUT2D eigenvalue weighted by atomic mass is 10.0. The first-order valence-electron chi connectivity index (χ1n) is 9.31. The van der Waals surface area contributed by atoms with E-state index in [0.29, 0.717) is 11.3 Å². The minimum Gasteiger partial charge on any atom is -0.459 e. The fourth-order valence-electron chi connectivity index (χ4n) is 3.11. The number of esters is 1. The molecule has 2 aromatic heterocycles. The van der Waals surface area contributed by atoms with Crippen LogP contribution in [0.4, 0.5) is 0 Å². The fraction of sp³-hybridized carbons (Fsp3) is 0.273. The third-order valence-corrected chi connectivity index (χ3v) is 4.54. The molecule has 0 aliphatic heterocycles. The van der Waals surface area contributed by atoms with E-state index in [1.54, 1.807) is 6.07 Å². The Morgan fingerprint density at radius 3 is 2.55 bits per heavy atom. The summed E-state index contributed by atoms with van der Waals surface area (Å²) in [4.78, 5) is 40.6. The van der Waals surface area contributed by atoms with Gasteiger partial charge in [-0.2, -0.15) is 0 Å². The molecule has 29 heavy (non-hydrogen) atoms. The Morgan fingerprint density at radius 1 is 1.14 bits per heavy atom. The molecule has 1 atom stereocenters. The average Bonchev–Trinajstić information content (AvgIpc) is 2.66. The number of ether oxygens (including phenoxy) is 1. The Labute approximate surface area is 168 Å². The zero-order valence-corrected chi connectivity index (χ0v) is 16.6. The number of carbonyl (C=O) groups excluding carboxylic acids is 2. The lowest BCUT2D eigenvalue weighted by Crippen LogP contribution is -2.28. The van der Waals surface area contributed by atoms with E-state index >= 15 is 0 Å². The van der Waals surface area contributed by atoms with Crippen molar-refractivity contribution >= 4 is 17.5 Å². The predicted molar refractivity (Wildman–Crippen MR) is 108 cm³/mol. The summed E-state index contributed by atoms with van der Waals surface area (Å²) in [6.07, 6.45) is -0.0195. The molecule has 0 aliphatic carbocycles. The number of benzene rings is 1. The summed E-state index contributed by atoms with van der Waals surface area (Å²) in [7, 11) is 0. The first kappa shape index (κ1) is 20.3. The lowest BCUT2D eigenvalue weighted by molar-refractivity contribution is -0.145. The van der Waals surface area contributed by atoms with Gasteiger partial charge in [0.05, 0.1) is 18.2 Å². The van der Waals surface area contributed by atoms with Crippen LogP contribution in [0, 0.1) is 13.8 Å². The van der Waals surface area contributed by atoms with Crippen LogP contribution >= 0.6 is 0 Å². The van der Waals surface area contributed by atoms with E-state index in [-0.39, 0.29) is 24.5 Å². The molecule has 0 saturated heterocycles. The van der Waals surface area contributed by atoms with Crippen LogP contribution in [0.2, 0.25) is 0 Å². The van der Waals surface area contributed by atoms with Crippen LogP contribution < -0.4 is 10.9 Å². The molecule has 7 nitrogen and oxygen atoms in total. The van der Waals surface area contributed by atoms with Gasteiger partial charge in [0, 0.05) is 18.7 Å². The van der Waals surface area contributed by atoms with E-state index < -0.39 is 12.0 Å². The van der Waals surface area contributed by atoms with E-state index in [1.807, 2.05) is 50.2 Å². The lowest BCUT2D eigenvalue weighted by Gasteiger charge is -2.18. The van der Waals surface area contributed by atoms with Crippen LogP contribution in [0.5, 0.6) is 0 Å². The highest BCUT2D eigenvalue weighted by Crippen LogP contribution is 2.18. The summed E-state index contributed by atoms with van der Waals surface area (Å²) in [5.74, 6) is -0.724. The molecular weight excluding hydrogens is 370 g/mol. The molecule has 3 rings (SSSR count). The maximum Gasteiger partial charge on any atom is 0.308 e. The van der Waals surface area contributed by atoms with Gasteiger partial charge in [0.1, 0.15) is 12.3 Å². The Kier molecular flexibility index (Phi) is 6.07. The maximum absolute atomic E-state index is 12.4. The van der Waals surface area contributed by atoms with E-state index in [4.69, 9.17) is 4.74 Å². The molecule has 1 amide bonds. The van der Waals surface area contributed by atoms with Gasteiger partial charge in [-0.25, -0.2) is 4.98 Å². The van der Waals surface area contributed by atoms with Crippen molar-refractivity contribution in [2.75, 3.05) is 0 Å². The van der Waals surface area contributed by atoms with Crippen molar-refractivity contribution in [3.8, 4) is 0 Å². The van der Waals surface area contributed by atoms with Crippen molar-refractivity contribution in [1.29, 1.82) is 0 Å². The largest absolute Gasteiger partial charge is 0.459 e. The summed E-state index contributed by atoms with van der Waals surface area (Å²) in [5.41, 5.74) is 3.33. The van der Waals surface area contributed by atoms with Crippen LogP contribution in [0.25, 0.3) is 5.65 Å². The van der Waals surface area contributed by atoms with E-state index in [2.05, 4.69) is 10.3 Å². The first-order valence-corrected chi connectivity index (χ1v) is 9.31. The Hall–Kier alpha value is -3.48. The molecule has 1 N–H and O–H groups in total. The van der Waals surface area contributed by atoms with Crippen LogP contribution in [-0.2, 0) is 20.9 Å². The summed E-state index contributed by atoms with van der Waals surface area (Å²) in [5, 5.41) is 2.78. The summed E-state index contributed by atoms with van der Waals surface area (Å²) < 4.78 is 6.81. The van der Waals surface area contributed by atoms with Crippen LogP contribution in [0.3, 0.4) is 0 Å². The number of fused-ring (bicyclic) bond motifs is 1. The summed E-state index contributed by atoms with van der Waals surface area (Å²) in [6.45, 7) is 5.08. The number of pyridine rings is 1. The highest BCUT2D eigenvalue weighted by Gasteiger charge is 2.18. The summed E-state index contributed by atoms with van der Waals surface area (Å²) >= 11 is 0. The van der Waals surface area contributed by atoms with Crippen molar-refractivity contribution in [1.82, 2.24) is 14.7 Å². The van der Waals surface area contributed by atoms with E-state index in [9.17, 15) is 14.4 Å². The van der Waals surface area contributed by atoms with Gasteiger partial charge in [-0.1, -0.05) is 35.9 Å². The standard InChI is InChI=1S/C22H23N3O4/c1-14-7-9-17(10-8-14)19(23-16(3)26)12-22(28)29-13-18-11-21(27)25-15(2)5-4-6-20(25)24-18/h4-11,19H,12-13H2,1-3H3,(H,23,26). The SMILES string of the molecule is CC(=O)NC(CC(=O)OCc1cc(=O)n2c(C)cccc2n1)c1ccc(C)cc1. The number of rotatable bonds is 6. The molecule has 1 unspecified atom stereocenters. The average molecular weight is 393 g/mol. The molecule has 150 valence electrons. The molecule has 3 aromatic rings. The van der Waals surface area contributed by atoms with Crippen molar-refractivity contribution in [2.45, 2.75) is 39.8 Å². The van der Waals surface area contributed by atoms with Crippen LogP contribution in [-0.4, -0.2) is 21.3 Å². The number of hydrogen-bond donors (Lipinski definition) is 1. The van der Waals surface area contributed by atoms with E-state index in [0.717, 1.165) is 16.8 Å². The second-order valence-electron chi connectivity index (χ2n) is 6.98. The number of nitrogens with one attached hydrogen (secondary N) is 1. The molecular formula is C22H23N3O4. The second kappa shape index (κ2) is 8.68. The van der Waals surface area contributed by atoms with Crippen molar-refractivity contribution in [2.24, 2.45) is 0 Å². The van der Waals surface area contributed by atoms with Crippen LogP contribution in [0.15, 0.2) is 53.3 Å². The molecule has 1 aromatic carbocycles. The zero-order valence-electron chi connectivity index (χ0n) is 16.6. The van der Waals surface area contributed by atoms with Gasteiger partial charge >= 0.3 is 5.97 Å². The molecule has 0 fully saturated rings. The zero-order chi connectivity index (χ0) is 21.0. The Morgan fingerprint density at radius 2 is 1.86 bits per heavy atom. The van der Waals surface area contributed by atoms with Gasteiger partial charge in [-0.15, -0.1) is 0 Å². The van der Waals surface area contributed by atoms with E-state index in [1.165, 1.54) is 17.4 Å². The number of aromatic nitrogens is 2. The number of hydrogen-bond acceptors (Lipinski definition) is 5. The molecule has 7 heteroatoms. The van der Waals surface area contributed by atoms with Gasteiger partial charge in [-0.3, -0.25) is 18.8 Å². The molecule has 0 bridgehead atoms. The third kappa shape index (κ3) is 5.07. The van der Waals surface area contributed by atoms with Crippen molar-refractivity contribution in [3.63, 3.8) is 0 Å². The van der Waals surface area contributed by atoms with Gasteiger partial charge in [0.15, 0.2) is 0 Å². The predicted octanol–water partition coefficient (Wildman–Crippen LogP) is 2.62. The van der Waals surface area contributed by atoms with Crippen LogP contribution in [0.1, 0.15) is 41.9 Å². The number of aryl methyl sites for hydroxylation is 2. The minimum atomic E-state index is -0.490. The maximum atomic E-state index is 12.4. The molecule has 0 spiro atoms.